The van der Waals surface area contributed by atoms with Crippen LogP contribution >= 0.6 is 0 Å². The van der Waals surface area contributed by atoms with Gasteiger partial charge in [-0.3, -0.25) is 0 Å². The molecule has 0 atom stereocenters. The molecule has 0 aliphatic heterocycles. The Morgan fingerprint density at radius 1 is 0.524 bits per heavy atom. The normalized spacial score (nSPS) is 10.7. The molecule has 3 heteroatoms. The fourth-order valence-corrected chi connectivity index (χ4v) is 3.24. The third-order valence-electron chi connectivity index (χ3n) is 3.39. The van der Waals surface area contributed by atoms with E-state index >= 15 is 0 Å². The Labute approximate surface area is 125 Å². The van der Waals surface area contributed by atoms with Gasteiger partial charge in [0.05, 0.1) is 4.90 Å². The monoisotopic (exact) mass is 294 g/mol. The standard InChI is InChI=1S/C18H14O2S/c19-21(20)18-16(14-8-3-1-4-9-14)12-7-13-17(18)15-10-5-2-6-11-15/h1-13,21H. The molecule has 3 rings (SSSR count). The van der Waals surface area contributed by atoms with Gasteiger partial charge in [-0.25, -0.2) is 8.42 Å². The van der Waals surface area contributed by atoms with Crippen LogP contribution in [-0.2, 0) is 10.7 Å². The Morgan fingerprint density at radius 3 is 1.33 bits per heavy atom. The van der Waals surface area contributed by atoms with Crippen molar-refractivity contribution in [3.8, 4) is 22.3 Å². The van der Waals surface area contributed by atoms with Crippen molar-refractivity contribution < 1.29 is 8.42 Å². The number of hydrogen-bond acceptors (Lipinski definition) is 2. The minimum Gasteiger partial charge on any atom is -0.227 e. The fraction of sp³-hybridized carbons (Fsp3) is 0. The van der Waals surface area contributed by atoms with Gasteiger partial charge in [0.1, 0.15) is 0 Å². The van der Waals surface area contributed by atoms with Crippen molar-refractivity contribution in [3.05, 3.63) is 78.9 Å². The summed E-state index contributed by atoms with van der Waals surface area (Å²) in [5, 5.41) is 0. The van der Waals surface area contributed by atoms with Crippen LogP contribution in [0.5, 0.6) is 0 Å². The van der Waals surface area contributed by atoms with E-state index in [2.05, 4.69) is 0 Å². The van der Waals surface area contributed by atoms with Crippen molar-refractivity contribution in [2.24, 2.45) is 0 Å². The molecule has 2 nitrogen and oxygen atoms in total. The highest BCUT2D eigenvalue weighted by molar-refractivity contribution is 7.72. The van der Waals surface area contributed by atoms with Crippen LogP contribution < -0.4 is 0 Å². The second-order valence-electron chi connectivity index (χ2n) is 4.69. The zero-order valence-electron chi connectivity index (χ0n) is 11.3. The van der Waals surface area contributed by atoms with Crippen LogP contribution in [0.15, 0.2) is 83.8 Å². The average Bonchev–Trinajstić information content (AvgIpc) is 2.55. The van der Waals surface area contributed by atoms with Crippen LogP contribution in [0.2, 0.25) is 0 Å². The zero-order chi connectivity index (χ0) is 14.7. The first-order chi connectivity index (χ1) is 10.3. The molecule has 0 saturated carbocycles. The maximum absolute atomic E-state index is 11.8. The maximum atomic E-state index is 11.8. The van der Waals surface area contributed by atoms with Crippen LogP contribution in [0.25, 0.3) is 22.3 Å². The first-order valence-corrected chi connectivity index (χ1v) is 7.83. The quantitative estimate of drug-likeness (QED) is 0.741. The molecular formula is C18H14O2S. The molecule has 0 aliphatic carbocycles. The molecule has 0 radical (unpaired) electrons. The second kappa shape index (κ2) is 5.94. The lowest BCUT2D eigenvalue weighted by Crippen LogP contribution is -1.92. The number of thiol groups is 1. The minimum absolute atomic E-state index is 0.380. The largest absolute Gasteiger partial charge is 0.227 e. The van der Waals surface area contributed by atoms with Gasteiger partial charge in [-0.05, 0) is 11.1 Å². The second-order valence-corrected chi connectivity index (χ2v) is 5.65. The van der Waals surface area contributed by atoms with Gasteiger partial charge in [-0.2, -0.15) is 0 Å². The van der Waals surface area contributed by atoms with Crippen LogP contribution in [0.4, 0.5) is 0 Å². The lowest BCUT2D eigenvalue weighted by Gasteiger charge is -2.11. The first kappa shape index (κ1) is 13.6. The van der Waals surface area contributed by atoms with E-state index in [4.69, 9.17) is 0 Å². The Balaban J connectivity index is 2.29. The SMILES string of the molecule is O=[SH](=O)c1c(-c2ccccc2)cccc1-c1ccccc1. The van der Waals surface area contributed by atoms with Crippen molar-refractivity contribution in [1.82, 2.24) is 0 Å². The van der Waals surface area contributed by atoms with Gasteiger partial charge in [-0.15, -0.1) is 0 Å². The molecule has 0 spiro atoms. The fourth-order valence-electron chi connectivity index (χ4n) is 2.44. The molecule has 0 bridgehead atoms. The third-order valence-corrected chi connectivity index (χ3v) is 4.24. The van der Waals surface area contributed by atoms with E-state index < -0.39 is 10.7 Å². The van der Waals surface area contributed by atoms with E-state index in [9.17, 15) is 8.42 Å². The summed E-state index contributed by atoms with van der Waals surface area (Å²) in [7, 11) is -2.68. The highest BCUT2D eigenvalue weighted by Crippen LogP contribution is 2.33. The van der Waals surface area contributed by atoms with Crippen molar-refractivity contribution in [2.45, 2.75) is 4.90 Å². The van der Waals surface area contributed by atoms with Crippen molar-refractivity contribution in [1.29, 1.82) is 0 Å². The van der Waals surface area contributed by atoms with Crippen molar-refractivity contribution in [2.75, 3.05) is 0 Å². The third kappa shape index (κ3) is 2.73. The molecule has 0 unspecified atom stereocenters. The maximum Gasteiger partial charge on any atom is 0.169 e. The highest BCUT2D eigenvalue weighted by atomic mass is 32.2. The van der Waals surface area contributed by atoms with E-state index in [1.165, 1.54) is 0 Å². The summed E-state index contributed by atoms with van der Waals surface area (Å²) >= 11 is 0. The van der Waals surface area contributed by atoms with Crippen LogP contribution in [0.1, 0.15) is 0 Å². The van der Waals surface area contributed by atoms with Gasteiger partial charge in [0, 0.05) is 11.1 Å². The minimum atomic E-state index is -2.68. The molecule has 0 fully saturated rings. The summed E-state index contributed by atoms with van der Waals surface area (Å²) in [6.45, 7) is 0. The van der Waals surface area contributed by atoms with Gasteiger partial charge in [0.2, 0.25) is 0 Å². The van der Waals surface area contributed by atoms with Crippen LogP contribution in [-0.4, -0.2) is 8.42 Å². The average molecular weight is 294 g/mol. The smallest absolute Gasteiger partial charge is 0.169 e. The predicted octanol–water partition coefficient (Wildman–Crippen LogP) is 3.99. The Kier molecular flexibility index (Phi) is 3.84. The number of rotatable bonds is 3. The van der Waals surface area contributed by atoms with Crippen molar-refractivity contribution >= 4 is 10.7 Å². The Bertz CT molecular complexity index is 757. The van der Waals surface area contributed by atoms with E-state index in [-0.39, 0.29) is 0 Å². The summed E-state index contributed by atoms with van der Waals surface area (Å²) in [5.41, 5.74) is 3.30. The van der Waals surface area contributed by atoms with Gasteiger partial charge in [-0.1, -0.05) is 78.9 Å². The van der Waals surface area contributed by atoms with Crippen molar-refractivity contribution in [3.63, 3.8) is 0 Å². The summed E-state index contributed by atoms with van der Waals surface area (Å²) in [6.07, 6.45) is 0. The van der Waals surface area contributed by atoms with Gasteiger partial charge < -0.3 is 0 Å². The summed E-state index contributed by atoms with van der Waals surface area (Å²) in [6, 6.07) is 24.8. The summed E-state index contributed by atoms with van der Waals surface area (Å²) < 4.78 is 23.7. The van der Waals surface area contributed by atoms with Crippen LogP contribution in [0.3, 0.4) is 0 Å². The molecule has 3 aromatic carbocycles. The molecule has 3 aromatic rings. The zero-order valence-corrected chi connectivity index (χ0v) is 12.2. The number of hydrogen-bond donors (Lipinski definition) is 1. The molecule has 0 N–H and O–H groups in total. The highest BCUT2D eigenvalue weighted by Gasteiger charge is 2.13. The Morgan fingerprint density at radius 2 is 0.952 bits per heavy atom. The van der Waals surface area contributed by atoms with Gasteiger partial charge in [0.15, 0.2) is 10.7 Å². The van der Waals surface area contributed by atoms with Gasteiger partial charge >= 0.3 is 0 Å². The number of benzene rings is 3. The summed E-state index contributed by atoms with van der Waals surface area (Å²) in [4.78, 5) is 0.380. The lowest BCUT2D eigenvalue weighted by atomic mass is 9.99. The molecular weight excluding hydrogens is 280 g/mol. The molecule has 0 heterocycles. The first-order valence-electron chi connectivity index (χ1n) is 6.65. The molecule has 0 amide bonds. The molecule has 21 heavy (non-hydrogen) atoms. The Hall–Kier alpha value is -2.39. The predicted molar refractivity (Wildman–Crippen MR) is 85.9 cm³/mol. The molecule has 0 aromatic heterocycles. The molecule has 0 saturated heterocycles. The lowest BCUT2D eigenvalue weighted by molar-refractivity contribution is 0.615. The van der Waals surface area contributed by atoms with E-state index in [1.807, 2.05) is 78.9 Å². The van der Waals surface area contributed by atoms with E-state index in [1.54, 1.807) is 0 Å². The van der Waals surface area contributed by atoms with Crippen LogP contribution in [0, 0.1) is 0 Å². The topological polar surface area (TPSA) is 34.1 Å². The molecule has 104 valence electrons. The van der Waals surface area contributed by atoms with E-state index in [0.717, 1.165) is 22.3 Å². The molecule has 0 aliphatic rings. The van der Waals surface area contributed by atoms with E-state index in [0.29, 0.717) is 4.90 Å². The summed E-state index contributed by atoms with van der Waals surface area (Å²) in [5.74, 6) is 0. The van der Waals surface area contributed by atoms with Gasteiger partial charge in [0.25, 0.3) is 0 Å².